The van der Waals surface area contributed by atoms with Crippen LogP contribution in [-0.4, -0.2) is 14.1 Å². The molecule has 0 amide bonds. The van der Waals surface area contributed by atoms with Gasteiger partial charge in [-0.2, -0.15) is 0 Å². The van der Waals surface area contributed by atoms with E-state index in [1.165, 1.54) is 9.12 Å². The molecule has 0 aliphatic rings. The van der Waals surface area contributed by atoms with Gasteiger partial charge in [0.2, 0.25) is 0 Å². The molecule has 0 saturated heterocycles. The Morgan fingerprint density at radius 2 is 2.46 bits per heavy atom. The molecule has 1 heterocycles. The predicted molar refractivity (Wildman–Crippen MR) is 62.4 cm³/mol. The largest absolute Gasteiger partial charge is 0.371 e. The summed E-state index contributed by atoms with van der Waals surface area (Å²) in [6.07, 6.45) is 7.04. The van der Waals surface area contributed by atoms with Gasteiger partial charge < -0.3 is 5.11 Å². The van der Waals surface area contributed by atoms with Gasteiger partial charge in [0.15, 0.2) is 11.4 Å². The molecule has 0 aliphatic heterocycles. The highest BCUT2D eigenvalue weighted by atomic mass is 127. The minimum atomic E-state index is -1.30. The summed E-state index contributed by atoms with van der Waals surface area (Å²) in [5.41, 5.74) is -0.457. The van der Waals surface area contributed by atoms with Gasteiger partial charge in [-0.3, -0.25) is 3.97 Å². The van der Waals surface area contributed by atoms with Crippen LogP contribution < -0.4 is 0 Å². The first-order valence-corrected chi connectivity index (χ1v) is 6.88. The number of hydrogen-bond donors (Lipinski definition) is 1. The van der Waals surface area contributed by atoms with Crippen molar-refractivity contribution in [2.75, 3.05) is 0 Å². The van der Waals surface area contributed by atoms with Gasteiger partial charge in [-0.1, -0.05) is 5.92 Å². The fourth-order valence-electron chi connectivity index (χ4n) is 0.917. The second-order valence-electron chi connectivity index (χ2n) is 2.82. The van der Waals surface area contributed by atoms with E-state index < -0.39 is 5.60 Å². The van der Waals surface area contributed by atoms with Crippen molar-refractivity contribution in [3.8, 4) is 12.3 Å². The summed E-state index contributed by atoms with van der Waals surface area (Å²) in [5.74, 6) is 2.79. The summed E-state index contributed by atoms with van der Waals surface area (Å²) in [4.78, 5) is 4.17. The topological polar surface area (TPSA) is 38.1 Å². The SMILES string of the molecule is C#CC(C)(O)c1nc(C)cn1SI. The highest BCUT2D eigenvalue weighted by molar-refractivity contribution is 14.2. The third-order valence-corrected chi connectivity index (χ3v) is 3.29. The van der Waals surface area contributed by atoms with E-state index in [-0.39, 0.29) is 0 Å². The maximum Gasteiger partial charge on any atom is 0.181 e. The van der Waals surface area contributed by atoms with E-state index in [2.05, 4.69) is 32.1 Å². The van der Waals surface area contributed by atoms with Crippen LogP contribution in [0.2, 0.25) is 0 Å². The smallest absolute Gasteiger partial charge is 0.181 e. The zero-order valence-electron chi connectivity index (χ0n) is 7.28. The van der Waals surface area contributed by atoms with Gasteiger partial charge in [0.1, 0.15) is 0 Å². The van der Waals surface area contributed by atoms with Crippen LogP contribution in [0.1, 0.15) is 18.4 Å². The van der Waals surface area contributed by atoms with E-state index in [1.807, 2.05) is 13.1 Å². The lowest BCUT2D eigenvalue weighted by Crippen LogP contribution is -2.22. The van der Waals surface area contributed by atoms with E-state index in [0.29, 0.717) is 5.82 Å². The van der Waals surface area contributed by atoms with Gasteiger partial charge in [0.25, 0.3) is 0 Å². The normalized spacial score (nSPS) is 15.0. The fraction of sp³-hybridized carbons (Fsp3) is 0.375. The van der Waals surface area contributed by atoms with Crippen LogP contribution in [0.15, 0.2) is 6.20 Å². The number of nitrogens with zero attached hydrogens (tertiary/aromatic N) is 2. The van der Waals surface area contributed by atoms with Crippen molar-refractivity contribution in [2.45, 2.75) is 19.4 Å². The lowest BCUT2D eigenvalue weighted by molar-refractivity contribution is 0.112. The molecule has 5 heteroatoms. The van der Waals surface area contributed by atoms with E-state index >= 15 is 0 Å². The Balaban J connectivity index is 3.22. The molecular formula is C8H9IN2OS. The van der Waals surface area contributed by atoms with Crippen molar-refractivity contribution in [1.29, 1.82) is 0 Å². The molecule has 0 bridgehead atoms. The van der Waals surface area contributed by atoms with Gasteiger partial charge in [-0.25, -0.2) is 4.98 Å². The zero-order chi connectivity index (χ0) is 10.1. The molecule has 0 spiro atoms. The first-order valence-electron chi connectivity index (χ1n) is 3.57. The lowest BCUT2D eigenvalue weighted by atomic mass is 10.1. The molecule has 1 rings (SSSR count). The molecule has 0 aromatic carbocycles. The Bertz CT molecular complexity index is 354. The maximum absolute atomic E-state index is 9.78. The Morgan fingerprint density at radius 3 is 2.92 bits per heavy atom. The highest BCUT2D eigenvalue weighted by Crippen LogP contribution is 2.26. The van der Waals surface area contributed by atoms with Crippen LogP contribution in [0.4, 0.5) is 0 Å². The molecular weight excluding hydrogens is 299 g/mol. The molecule has 0 fully saturated rings. The Kier molecular flexibility index (Phi) is 3.27. The second-order valence-corrected chi connectivity index (χ2v) is 4.53. The number of terminal acetylenes is 1. The standard InChI is InChI=1S/C8H9IN2OS/c1-4-8(3,12)7-10-6(2)5-11(7)13-9/h1,5,12H,2-3H3. The summed E-state index contributed by atoms with van der Waals surface area (Å²) in [7, 11) is 1.43. The van der Waals surface area contributed by atoms with Gasteiger partial charge in [-0.05, 0) is 13.8 Å². The highest BCUT2D eigenvalue weighted by Gasteiger charge is 2.26. The van der Waals surface area contributed by atoms with Crippen LogP contribution >= 0.6 is 30.3 Å². The van der Waals surface area contributed by atoms with Gasteiger partial charge >= 0.3 is 0 Å². The van der Waals surface area contributed by atoms with Crippen LogP contribution in [-0.2, 0) is 5.60 Å². The zero-order valence-corrected chi connectivity index (χ0v) is 10.3. The molecule has 13 heavy (non-hydrogen) atoms. The summed E-state index contributed by atoms with van der Waals surface area (Å²) in [5, 5.41) is 9.78. The first-order chi connectivity index (χ1) is 6.01. The second kappa shape index (κ2) is 3.90. The minimum Gasteiger partial charge on any atom is -0.371 e. The number of aryl methyl sites for hydroxylation is 1. The summed E-state index contributed by atoms with van der Waals surface area (Å²) >= 11 is 2.11. The number of rotatable bonds is 2. The van der Waals surface area contributed by atoms with Gasteiger partial charge in [0, 0.05) is 36.5 Å². The molecule has 0 aliphatic carbocycles. The third-order valence-electron chi connectivity index (χ3n) is 1.59. The van der Waals surface area contributed by atoms with E-state index in [0.717, 1.165) is 5.69 Å². The minimum absolute atomic E-state index is 0.493. The molecule has 0 saturated carbocycles. The molecule has 1 unspecified atom stereocenters. The molecule has 1 aromatic heterocycles. The van der Waals surface area contributed by atoms with Crippen LogP contribution in [0.25, 0.3) is 0 Å². The van der Waals surface area contributed by atoms with Crippen molar-refractivity contribution in [2.24, 2.45) is 0 Å². The Hall–Kier alpha value is -0.190. The summed E-state index contributed by atoms with van der Waals surface area (Å²) < 4.78 is 1.76. The van der Waals surface area contributed by atoms with Crippen molar-refractivity contribution < 1.29 is 5.11 Å². The van der Waals surface area contributed by atoms with Crippen LogP contribution in [0.5, 0.6) is 0 Å². The quantitative estimate of drug-likeness (QED) is 0.670. The molecule has 1 aromatic rings. The Morgan fingerprint density at radius 1 is 1.85 bits per heavy atom. The lowest BCUT2D eigenvalue weighted by Gasteiger charge is -2.15. The number of halogens is 1. The molecule has 1 N–H and O–H groups in total. The number of aromatic nitrogens is 2. The van der Waals surface area contributed by atoms with Gasteiger partial charge in [-0.15, -0.1) is 6.42 Å². The van der Waals surface area contributed by atoms with E-state index in [4.69, 9.17) is 6.42 Å². The Labute approximate surface area is 93.7 Å². The van der Waals surface area contributed by atoms with Crippen molar-refractivity contribution in [1.82, 2.24) is 8.96 Å². The van der Waals surface area contributed by atoms with E-state index in [1.54, 1.807) is 10.9 Å². The third kappa shape index (κ3) is 2.18. The van der Waals surface area contributed by atoms with Crippen LogP contribution in [0.3, 0.4) is 0 Å². The fourth-order valence-corrected chi connectivity index (χ4v) is 2.29. The molecule has 3 nitrogen and oxygen atoms in total. The average molecular weight is 308 g/mol. The number of aliphatic hydroxyl groups is 1. The van der Waals surface area contributed by atoms with Crippen molar-refractivity contribution in [3.63, 3.8) is 0 Å². The maximum atomic E-state index is 9.78. The number of imidazole rings is 1. The molecule has 70 valence electrons. The average Bonchev–Trinajstić information content (AvgIpc) is 2.47. The molecule has 1 atom stereocenters. The van der Waals surface area contributed by atoms with Crippen LogP contribution in [0, 0.1) is 19.3 Å². The van der Waals surface area contributed by atoms with Crippen molar-refractivity contribution >= 4 is 30.3 Å². The van der Waals surface area contributed by atoms with Crippen molar-refractivity contribution in [3.05, 3.63) is 17.7 Å². The number of hydrogen-bond acceptors (Lipinski definition) is 3. The summed E-state index contributed by atoms with van der Waals surface area (Å²) in [6, 6.07) is 0. The van der Waals surface area contributed by atoms with Gasteiger partial charge in [0.05, 0.1) is 5.69 Å². The summed E-state index contributed by atoms with van der Waals surface area (Å²) in [6.45, 7) is 3.41. The first kappa shape index (κ1) is 10.9. The predicted octanol–water partition coefficient (Wildman–Crippen LogP) is 1.88. The monoisotopic (exact) mass is 308 g/mol. The molecule has 0 radical (unpaired) electrons. The van der Waals surface area contributed by atoms with E-state index in [9.17, 15) is 5.11 Å².